The van der Waals surface area contributed by atoms with Crippen LogP contribution in [-0.4, -0.2) is 26.6 Å². The topological polar surface area (TPSA) is 93.1 Å². The number of thioether (sulfide) groups is 1. The van der Waals surface area contributed by atoms with Gasteiger partial charge in [0, 0.05) is 28.3 Å². The maximum absolute atomic E-state index is 13.4. The first-order valence-electron chi connectivity index (χ1n) is 10.5. The molecule has 0 bridgehead atoms. The van der Waals surface area contributed by atoms with Gasteiger partial charge in [-0.05, 0) is 73.7 Å². The van der Waals surface area contributed by atoms with Crippen molar-refractivity contribution >= 4 is 69.1 Å². The molecule has 0 aliphatic carbocycles. The van der Waals surface area contributed by atoms with Gasteiger partial charge < -0.3 is 10.6 Å². The molecule has 7 nitrogen and oxygen atoms in total. The zero-order chi connectivity index (χ0) is 25.1. The highest BCUT2D eigenvalue weighted by Crippen LogP contribution is 2.27. The third-order valence-electron chi connectivity index (χ3n) is 5.01. The van der Waals surface area contributed by atoms with E-state index in [-0.39, 0.29) is 17.4 Å². The van der Waals surface area contributed by atoms with Gasteiger partial charge in [0.15, 0.2) is 5.16 Å². The molecular weight excluding hydrogens is 507 g/mol. The summed E-state index contributed by atoms with van der Waals surface area (Å²) in [5.41, 5.74) is 1.94. The Balaban J connectivity index is 1.64. The van der Waals surface area contributed by atoms with Gasteiger partial charge in [-0.3, -0.25) is 19.0 Å². The summed E-state index contributed by atoms with van der Waals surface area (Å²) in [4.78, 5) is 42.2. The van der Waals surface area contributed by atoms with Gasteiger partial charge in [-0.2, -0.15) is 0 Å². The van der Waals surface area contributed by atoms with Crippen molar-refractivity contribution in [1.29, 1.82) is 0 Å². The molecule has 0 saturated heterocycles. The Kier molecular flexibility index (Phi) is 7.45. The first-order chi connectivity index (χ1) is 16.7. The standard InChI is InChI=1S/C25H20Cl2N4O3S/c1-14(23(33)29-19-8-6-18(7-9-19)28-15(2)32)35-25-30-22-13-17(27)5-12-21(22)24(34)31(25)20-10-3-16(26)4-11-20/h3-14H,1-2H3,(H,28,32)(H,29,33)/t14-/m1/s1. The van der Waals surface area contributed by atoms with Crippen LogP contribution in [0.4, 0.5) is 11.4 Å². The minimum Gasteiger partial charge on any atom is -0.326 e. The lowest BCUT2D eigenvalue weighted by Crippen LogP contribution is -2.26. The van der Waals surface area contributed by atoms with E-state index in [0.717, 1.165) is 11.8 Å². The highest BCUT2D eigenvalue weighted by atomic mass is 35.5. The molecule has 2 N–H and O–H groups in total. The Hall–Kier alpha value is -3.33. The number of hydrogen-bond acceptors (Lipinski definition) is 5. The zero-order valence-corrected chi connectivity index (χ0v) is 21.0. The molecule has 35 heavy (non-hydrogen) atoms. The van der Waals surface area contributed by atoms with Crippen LogP contribution in [0.2, 0.25) is 10.0 Å². The molecule has 0 radical (unpaired) electrons. The second-order valence-corrected chi connectivity index (χ2v) is 9.86. The first kappa shape index (κ1) is 24.8. The van der Waals surface area contributed by atoms with Crippen LogP contribution in [-0.2, 0) is 9.59 Å². The van der Waals surface area contributed by atoms with Gasteiger partial charge in [0.2, 0.25) is 11.8 Å². The number of nitrogens with zero attached hydrogens (tertiary/aromatic N) is 2. The molecule has 4 aromatic rings. The number of halogens is 2. The van der Waals surface area contributed by atoms with E-state index in [2.05, 4.69) is 15.6 Å². The van der Waals surface area contributed by atoms with E-state index in [1.165, 1.54) is 11.5 Å². The van der Waals surface area contributed by atoms with Crippen molar-refractivity contribution in [3.05, 3.63) is 87.1 Å². The lowest BCUT2D eigenvalue weighted by molar-refractivity contribution is -0.115. The van der Waals surface area contributed by atoms with Crippen molar-refractivity contribution in [3.63, 3.8) is 0 Å². The zero-order valence-electron chi connectivity index (χ0n) is 18.7. The van der Waals surface area contributed by atoms with E-state index < -0.39 is 5.25 Å². The number of fused-ring (bicyclic) bond motifs is 1. The molecule has 178 valence electrons. The summed E-state index contributed by atoms with van der Waals surface area (Å²) in [6, 6.07) is 18.5. The smallest absolute Gasteiger partial charge is 0.266 e. The van der Waals surface area contributed by atoms with Crippen LogP contribution < -0.4 is 16.2 Å². The van der Waals surface area contributed by atoms with Gasteiger partial charge in [0.25, 0.3) is 5.56 Å². The predicted molar refractivity (Wildman–Crippen MR) is 142 cm³/mol. The Labute approximate surface area is 215 Å². The summed E-state index contributed by atoms with van der Waals surface area (Å²) in [5, 5.41) is 6.67. The molecule has 1 atom stereocenters. The predicted octanol–water partition coefficient (Wildman–Crippen LogP) is 5.77. The van der Waals surface area contributed by atoms with Crippen molar-refractivity contribution < 1.29 is 9.59 Å². The fraction of sp³-hybridized carbons (Fsp3) is 0.120. The first-order valence-corrected chi connectivity index (χ1v) is 12.2. The number of anilines is 2. The average molecular weight is 527 g/mol. The van der Waals surface area contributed by atoms with Gasteiger partial charge in [0.05, 0.1) is 21.8 Å². The number of benzene rings is 3. The van der Waals surface area contributed by atoms with Crippen LogP contribution in [0.5, 0.6) is 0 Å². The highest BCUT2D eigenvalue weighted by Gasteiger charge is 2.21. The van der Waals surface area contributed by atoms with E-state index in [0.29, 0.717) is 43.2 Å². The van der Waals surface area contributed by atoms with E-state index in [4.69, 9.17) is 23.2 Å². The van der Waals surface area contributed by atoms with Gasteiger partial charge in [0.1, 0.15) is 0 Å². The molecule has 0 spiro atoms. The van der Waals surface area contributed by atoms with Crippen LogP contribution in [0.15, 0.2) is 76.7 Å². The number of carbonyl (C=O) groups is 2. The number of amides is 2. The van der Waals surface area contributed by atoms with E-state index in [1.54, 1.807) is 73.7 Å². The van der Waals surface area contributed by atoms with Crippen LogP contribution in [0.1, 0.15) is 13.8 Å². The lowest BCUT2D eigenvalue weighted by Gasteiger charge is -2.17. The molecule has 1 heterocycles. The molecule has 0 unspecified atom stereocenters. The molecule has 2 amide bonds. The van der Waals surface area contributed by atoms with Crippen LogP contribution in [0.25, 0.3) is 16.6 Å². The van der Waals surface area contributed by atoms with Crippen molar-refractivity contribution in [1.82, 2.24) is 9.55 Å². The maximum atomic E-state index is 13.4. The molecule has 4 rings (SSSR count). The minimum absolute atomic E-state index is 0.178. The summed E-state index contributed by atoms with van der Waals surface area (Å²) >= 11 is 13.3. The molecule has 10 heteroatoms. The summed E-state index contributed by atoms with van der Waals surface area (Å²) in [5.74, 6) is -0.451. The van der Waals surface area contributed by atoms with E-state index in [1.807, 2.05) is 0 Å². The molecule has 0 aliphatic rings. The molecule has 3 aromatic carbocycles. The largest absolute Gasteiger partial charge is 0.326 e. The second-order valence-electron chi connectivity index (χ2n) is 7.68. The molecule has 0 aliphatic heterocycles. The van der Waals surface area contributed by atoms with Gasteiger partial charge in [-0.15, -0.1) is 0 Å². The Bertz CT molecular complexity index is 1470. The van der Waals surface area contributed by atoms with Crippen LogP contribution in [0, 0.1) is 0 Å². The molecular formula is C25H20Cl2N4O3S. The quantitative estimate of drug-likeness (QED) is 0.245. The summed E-state index contributed by atoms with van der Waals surface area (Å²) < 4.78 is 1.46. The van der Waals surface area contributed by atoms with Gasteiger partial charge in [-0.25, -0.2) is 4.98 Å². The highest BCUT2D eigenvalue weighted by molar-refractivity contribution is 8.00. The minimum atomic E-state index is -0.591. The van der Waals surface area contributed by atoms with Crippen molar-refractivity contribution in [2.45, 2.75) is 24.3 Å². The van der Waals surface area contributed by atoms with E-state index in [9.17, 15) is 14.4 Å². The maximum Gasteiger partial charge on any atom is 0.266 e. The monoisotopic (exact) mass is 526 g/mol. The SMILES string of the molecule is CC(=O)Nc1ccc(NC(=O)[C@@H](C)Sc2nc3cc(Cl)ccc3c(=O)n2-c2ccc(Cl)cc2)cc1. The lowest BCUT2D eigenvalue weighted by atomic mass is 10.2. The van der Waals surface area contributed by atoms with Gasteiger partial charge in [-0.1, -0.05) is 35.0 Å². The Morgan fingerprint density at radius 2 is 1.51 bits per heavy atom. The van der Waals surface area contributed by atoms with Crippen molar-refractivity contribution in [2.24, 2.45) is 0 Å². The van der Waals surface area contributed by atoms with Crippen molar-refractivity contribution in [3.8, 4) is 5.69 Å². The number of nitrogens with one attached hydrogen (secondary N) is 2. The summed E-state index contributed by atoms with van der Waals surface area (Å²) in [6.07, 6.45) is 0. The van der Waals surface area contributed by atoms with Crippen LogP contribution in [0.3, 0.4) is 0 Å². The third-order valence-corrected chi connectivity index (χ3v) is 6.55. The summed E-state index contributed by atoms with van der Waals surface area (Å²) in [6.45, 7) is 3.15. The average Bonchev–Trinajstić information content (AvgIpc) is 2.81. The second kappa shape index (κ2) is 10.5. The Morgan fingerprint density at radius 3 is 2.14 bits per heavy atom. The number of carbonyl (C=O) groups excluding carboxylic acids is 2. The fourth-order valence-electron chi connectivity index (χ4n) is 3.33. The normalized spacial score (nSPS) is 11.8. The number of rotatable bonds is 6. The number of hydrogen-bond donors (Lipinski definition) is 2. The molecule has 1 aromatic heterocycles. The van der Waals surface area contributed by atoms with Crippen LogP contribution >= 0.6 is 35.0 Å². The van der Waals surface area contributed by atoms with Gasteiger partial charge >= 0.3 is 0 Å². The third kappa shape index (κ3) is 5.85. The Morgan fingerprint density at radius 1 is 0.914 bits per heavy atom. The molecule has 0 fully saturated rings. The fourth-order valence-corrected chi connectivity index (χ4v) is 4.55. The number of aromatic nitrogens is 2. The van der Waals surface area contributed by atoms with Crippen molar-refractivity contribution in [2.75, 3.05) is 10.6 Å². The summed E-state index contributed by atoms with van der Waals surface area (Å²) in [7, 11) is 0. The molecule has 0 saturated carbocycles. The van der Waals surface area contributed by atoms with E-state index >= 15 is 0 Å².